The fourth-order valence-corrected chi connectivity index (χ4v) is 3.08. The fraction of sp³-hybridized carbons (Fsp3) is 0.667. The van der Waals surface area contributed by atoms with E-state index in [1.54, 1.807) is 12.3 Å². The molecule has 0 radical (unpaired) electrons. The highest BCUT2D eigenvalue weighted by Gasteiger charge is 2.28. The predicted molar refractivity (Wildman–Crippen MR) is 69.5 cm³/mol. The first kappa shape index (κ1) is 13.5. The van der Waals surface area contributed by atoms with Crippen molar-refractivity contribution in [2.45, 2.75) is 51.6 Å². The zero-order valence-electron chi connectivity index (χ0n) is 11.0. The molecule has 1 atom stereocenters. The topological polar surface area (TPSA) is 33.1 Å². The number of aliphatic hydroxyl groups is 1. The Kier molecular flexibility index (Phi) is 4.70. The Hall–Kier alpha value is -0.960. The normalized spacial score (nSPS) is 25.9. The van der Waals surface area contributed by atoms with E-state index >= 15 is 0 Å². The van der Waals surface area contributed by atoms with E-state index in [1.165, 1.54) is 31.9 Å². The van der Waals surface area contributed by atoms with Crippen LogP contribution >= 0.6 is 0 Å². The van der Waals surface area contributed by atoms with E-state index in [9.17, 15) is 9.50 Å². The van der Waals surface area contributed by atoms with E-state index in [4.69, 9.17) is 0 Å². The van der Waals surface area contributed by atoms with Gasteiger partial charge in [0.1, 0.15) is 5.82 Å². The average molecular weight is 251 g/mol. The Morgan fingerprint density at radius 1 is 1.39 bits per heavy atom. The van der Waals surface area contributed by atoms with Gasteiger partial charge in [0.2, 0.25) is 0 Å². The summed E-state index contributed by atoms with van der Waals surface area (Å²) in [6.45, 7) is 2.22. The third kappa shape index (κ3) is 3.08. The van der Waals surface area contributed by atoms with E-state index in [1.807, 2.05) is 0 Å². The van der Waals surface area contributed by atoms with Gasteiger partial charge in [-0.3, -0.25) is 4.98 Å². The Balaban J connectivity index is 1.95. The number of nitrogens with zero attached hydrogens (tertiary/aromatic N) is 1. The molecule has 0 spiro atoms. The highest BCUT2D eigenvalue weighted by atomic mass is 19.1. The van der Waals surface area contributed by atoms with Gasteiger partial charge in [-0.15, -0.1) is 0 Å². The van der Waals surface area contributed by atoms with E-state index in [2.05, 4.69) is 11.9 Å². The van der Waals surface area contributed by atoms with Crippen molar-refractivity contribution in [1.82, 2.24) is 4.98 Å². The van der Waals surface area contributed by atoms with Crippen LogP contribution < -0.4 is 0 Å². The largest absolute Gasteiger partial charge is 0.388 e. The van der Waals surface area contributed by atoms with Gasteiger partial charge >= 0.3 is 0 Å². The summed E-state index contributed by atoms with van der Waals surface area (Å²) < 4.78 is 13.6. The van der Waals surface area contributed by atoms with E-state index in [0.717, 1.165) is 18.8 Å². The molecule has 0 amide bonds. The molecule has 0 aromatic carbocycles. The molecule has 1 aliphatic carbocycles. The van der Waals surface area contributed by atoms with Crippen LogP contribution in [0, 0.1) is 17.7 Å². The van der Waals surface area contributed by atoms with Gasteiger partial charge in [0, 0.05) is 11.8 Å². The summed E-state index contributed by atoms with van der Waals surface area (Å²) in [4.78, 5) is 3.72. The van der Waals surface area contributed by atoms with Crippen molar-refractivity contribution in [2.75, 3.05) is 0 Å². The van der Waals surface area contributed by atoms with Gasteiger partial charge < -0.3 is 5.11 Å². The van der Waals surface area contributed by atoms with Gasteiger partial charge in [-0.05, 0) is 30.7 Å². The molecule has 100 valence electrons. The maximum atomic E-state index is 13.6. The molecule has 1 aromatic heterocycles. The fourth-order valence-electron chi connectivity index (χ4n) is 3.08. The molecule has 1 N–H and O–H groups in total. The number of aliphatic hydroxyl groups excluding tert-OH is 1. The van der Waals surface area contributed by atoms with Crippen molar-refractivity contribution in [3.63, 3.8) is 0 Å². The van der Waals surface area contributed by atoms with Gasteiger partial charge in [0.25, 0.3) is 0 Å². The Labute approximate surface area is 108 Å². The number of pyridine rings is 1. The monoisotopic (exact) mass is 251 g/mol. The molecule has 1 aliphatic rings. The van der Waals surface area contributed by atoms with Crippen molar-refractivity contribution in [1.29, 1.82) is 0 Å². The van der Waals surface area contributed by atoms with Crippen LogP contribution in [0.1, 0.15) is 57.1 Å². The van der Waals surface area contributed by atoms with Crippen LogP contribution in [0.2, 0.25) is 0 Å². The minimum absolute atomic E-state index is 0.204. The van der Waals surface area contributed by atoms with Gasteiger partial charge in [-0.25, -0.2) is 4.39 Å². The maximum Gasteiger partial charge on any atom is 0.147 e. The molecule has 0 saturated heterocycles. The van der Waals surface area contributed by atoms with Crippen LogP contribution in [0.4, 0.5) is 4.39 Å². The van der Waals surface area contributed by atoms with Crippen molar-refractivity contribution in [3.05, 3.63) is 29.8 Å². The number of aromatic nitrogens is 1. The van der Waals surface area contributed by atoms with Crippen molar-refractivity contribution < 1.29 is 9.50 Å². The lowest BCUT2D eigenvalue weighted by molar-refractivity contribution is 0.0692. The summed E-state index contributed by atoms with van der Waals surface area (Å²) in [5.74, 6) is 0.622. The summed E-state index contributed by atoms with van der Waals surface area (Å²) in [5.41, 5.74) is 0.406. The molecule has 3 heteroatoms. The van der Waals surface area contributed by atoms with E-state index in [-0.39, 0.29) is 11.7 Å². The molecule has 2 nitrogen and oxygen atoms in total. The number of halogens is 1. The zero-order chi connectivity index (χ0) is 13.0. The molecule has 2 rings (SSSR count). The number of rotatable bonds is 4. The maximum absolute atomic E-state index is 13.6. The average Bonchev–Trinajstić information content (AvgIpc) is 2.40. The van der Waals surface area contributed by atoms with Crippen LogP contribution in [-0.4, -0.2) is 10.1 Å². The Morgan fingerprint density at radius 3 is 2.72 bits per heavy atom. The lowest BCUT2D eigenvalue weighted by atomic mass is 9.76. The first-order valence-electron chi connectivity index (χ1n) is 6.99. The molecule has 1 aromatic rings. The highest BCUT2D eigenvalue weighted by molar-refractivity contribution is 5.16. The summed E-state index contributed by atoms with van der Waals surface area (Å²) in [6.07, 6.45) is 8.93. The van der Waals surface area contributed by atoms with Gasteiger partial charge in [0.05, 0.1) is 12.3 Å². The molecule has 1 heterocycles. The third-order valence-electron chi connectivity index (χ3n) is 4.16. The van der Waals surface area contributed by atoms with Gasteiger partial charge in [-0.1, -0.05) is 32.6 Å². The first-order valence-corrected chi connectivity index (χ1v) is 6.99. The zero-order valence-corrected chi connectivity index (χ0v) is 11.0. The van der Waals surface area contributed by atoms with Crippen LogP contribution in [0.3, 0.4) is 0 Å². The van der Waals surface area contributed by atoms with Crippen LogP contribution in [0.15, 0.2) is 18.5 Å². The standard InChI is InChI=1S/C15H22FNO/c1-2-3-11-4-6-12(7-5-11)15(18)13-8-9-17-10-14(13)16/h8-12,15,18H,2-7H2,1H3. The summed E-state index contributed by atoms with van der Waals surface area (Å²) >= 11 is 0. The Morgan fingerprint density at radius 2 is 2.11 bits per heavy atom. The lowest BCUT2D eigenvalue weighted by Crippen LogP contribution is -2.21. The van der Waals surface area contributed by atoms with Crippen molar-refractivity contribution in [2.24, 2.45) is 11.8 Å². The molecule has 0 bridgehead atoms. The highest BCUT2D eigenvalue weighted by Crippen LogP contribution is 2.38. The molecule has 1 unspecified atom stereocenters. The molecular weight excluding hydrogens is 229 g/mol. The Bertz CT molecular complexity index is 375. The van der Waals surface area contributed by atoms with Gasteiger partial charge in [-0.2, -0.15) is 0 Å². The summed E-state index contributed by atoms with van der Waals surface area (Å²) in [6, 6.07) is 1.60. The third-order valence-corrected chi connectivity index (χ3v) is 4.16. The van der Waals surface area contributed by atoms with E-state index in [0.29, 0.717) is 5.56 Å². The SMILES string of the molecule is CCCC1CCC(C(O)c2ccncc2F)CC1. The quantitative estimate of drug-likeness (QED) is 0.881. The van der Waals surface area contributed by atoms with Crippen LogP contribution in [-0.2, 0) is 0 Å². The minimum atomic E-state index is -0.671. The number of hydrogen-bond acceptors (Lipinski definition) is 2. The van der Waals surface area contributed by atoms with Crippen molar-refractivity contribution in [3.8, 4) is 0 Å². The van der Waals surface area contributed by atoms with Crippen molar-refractivity contribution >= 4 is 0 Å². The summed E-state index contributed by atoms with van der Waals surface area (Å²) in [7, 11) is 0. The summed E-state index contributed by atoms with van der Waals surface area (Å²) in [5, 5.41) is 10.3. The lowest BCUT2D eigenvalue weighted by Gasteiger charge is -2.31. The first-order chi connectivity index (χ1) is 8.72. The van der Waals surface area contributed by atoms with E-state index < -0.39 is 6.10 Å². The molecule has 1 saturated carbocycles. The van der Waals surface area contributed by atoms with Gasteiger partial charge in [0.15, 0.2) is 0 Å². The second-order valence-electron chi connectivity index (χ2n) is 5.41. The van der Waals surface area contributed by atoms with Crippen LogP contribution in [0.25, 0.3) is 0 Å². The molecule has 1 fully saturated rings. The number of hydrogen-bond donors (Lipinski definition) is 1. The predicted octanol–water partition coefficient (Wildman–Crippen LogP) is 3.86. The second-order valence-corrected chi connectivity index (χ2v) is 5.41. The van der Waals surface area contributed by atoms with Crippen LogP contribution in [0.5, 0.6) is 0 Å². The molecule has 0 aliphatic heterocycles. The molecular formula is C15H22FNO. The minimum Gasteiger partial charge on any atom is -0.388 e. The second kappa shape index (κ2) is 6.28. The molecule has 18 heavy (non-hydrogen) atoms. The smallest absolute Gasteiger partial charge is 0.147 e.